The summed E-state index contributed by atoms with van der Waals surface area (Å²) in [4.78, 5) is 11.7. The number of hydrogen-bond acceptors (Lipinski definition) is 2. The van der Waals surface area contributed by atoms with Gasteiger partial charge in [-0.3, -0.25) is 4.79 Å². The third kappa shape index (κ3) is 3.19. The molecular weight excluding hydrogens is 207 g/mol. The number of rotatable bonds is 5. The average Bonchev–Trinajstić information content (AvgIpc) is 2.27. The Bertz CT molecular complexity index is 230. The summed E-state index contributed by atoms with van der Waals surface area (Å²) >= 11 is 0. The van der Waals surface area contributed by atoms with Crippen molar-refractivity contribution in [2.75, 3.05) is 6.61 Å². The van der Waals surface area contributed by atoms with Gasteiger partial charge in [0, 0.05) is 0 Å². The summed E-state index contributed by atoms with van der Waals surface area (Å²) in [5, 5.41) is 0. The monoisotopic (exact) mass is 230 g/mol. The number of esters is 1. The number of hydrogen-bond donors (Lipinski definition) is 0. The Hall–Kier alpha value is -0.600. The summed E-state index contributed by atoms with van der Waals surface area (Å²) in [5.41, 5.74) is -1.31. The largest absolute Gasteiger partial charge is 0.466 e. The van der Waals surface area contributed by atoms with Crippen LogP contribution in [-0.4, -0.2) is 18.2 Å². The molecule has 2 nitrogen and oxygen atoms in total. The van der Waals surface area contributed by atoms with Gasteiger partial charge in [-0.05, 0) is 26.2 Å². The molecule has 2 atom stereocenters. The van der Waals surface area contributed by atoms with Gasteiger partial charge in [0.2, 0.25) is 0 Å². The van der Waals surface area contributed by atoms with Crippen LogP contribution in [-0.2, 0) is 9.53 Å². The highest BCUT2D eigenvalue weighted by Crippen LogP contribution is 2.41. The van der Waals surface area contributed by atoms with Crippen molar-refractivity contribution in [2.45, 2.75) is 64.5 Å². The molecule has 3 heteroatoms. The van der Waals surface area contributed by atoms with Gasteiger partial charge >= 0.3 is 5.97 Å². The maximum Gasteiger partial charge on any atom is 0.312 e. The van der Waals surface area contributed by atoms with Gasteiger partial charge in [-0.15, -0.1) is 0 Å². The van der Waals surface area contributed by atoms with Crippen LogP contribution in [0.2, 0.25) is 0 Å². The number of halogens is 1. The number of carbonyl (C=O) groups excluding carboxylic acids is 1. The van der Waals surface area contributed by atoms with E-state index in [-0.39, 0.29) is 5.97 Å². The van der Waals surface area contributed by atoms with E-state index >= 15 is 0 Å². The third-order valence-electron chi connectivity index (χ3n) is 3.48. The molecule has 1 aliphatic rings. The summed E-state index contributed by atoms with van der Waals surface area (Å²) in [6.07, 6.45) is 5.35. The van der Waals surface area contributed by atoms with Gasteiger partial charge in [0.1, 0.15) is 5.67 Å². The predicted molar refractivity (Wildman–Crippen MR) is 62.0 cm³/mol. The van der Waals surface area contributed by atoms with Crippen LogP contribution in [0.1, 0.15) is 58.8 Å². The fourth-order valence-electron chi connectivity index (χ4n) is 2.54. The minimum atomic E-state index is -1.31. The fourth-order valence-corrected chi connectivity index (χ4v) is 2.54. The van der Waals surface area contributed by atoms with Gasteiger partial charge in [0.25, 0.3) is 0 Å². The molecule has 0 radical (unpaired) electrons. The van der Waals surface area contributed by atoms with E-state index in [0.717, 1.165) is 25.7 Å². The van der Waals surface area contributed by atoms with Crippen molar-refractivity contribution in [3.8, 4) is 0 Å². The van der Waals surface area contributed by atoms with Crippen LogP contribution < -0.4 is 0 Å². The number of ether oxygens (including phenoxy) is 1. The van der Waals surface area contributed by atoms with Gasteiger partial charge in [-0.25, -0.2) is 4.39 Å². The van der Waals surface area contributed by atoms with E-state index in [1.165, 1.54) is 0 Å². The molecule has 0 amide bonds. The number of alkyl halides is 1. The molecular formula is C13H23FO2. The zero-order valence-corrected chi connectivity index (χ0v) is 10.4. The Morgan fingerprint density at radius 3 is 2.81 bits per heavy atom. The van der Waals surface area contributed by atoms with E-state index in [1.54, 1.807) is 6.92 Å². The van der Waals surface area contributed by atoms with E-state index < -0.39 is 11.6 Å². The molecule has 0 heterocycles. The SMILES string of the molecule is CCCC[C@]1(F)CCCC[C@H]1C(=O)OCC. The van der Waals surface area contributed by atoms with Crippen LogP contribution in [0.25, 0.3) is 0 Å². The normalized spacial score (nSPS) is 30.1. The second-order valence-corrected chi connectivity index (χ2v) is 4.69. The van der Waals surface area contributed by atoms with Crippen LogP contribution >= 0.6 is 0 Å². The molecule has 1 rings (SSSR count). The van der Waals surface area contributed by atoms with Crippen molar-refractivity contribution in [2.24, 2.45) is 5.92 Å². The van der Waals surface area contributed by atoms with Gasteiger partial charge in [0.05, 0.1) is 12.5 Å². The molecule has 0 aliphatic heterocycles. The fraction of sp³-hybridized carbons (Fsp3) is 0.923. The van der Waals surface area contributed by atoms with E-state index in [2.05, 4.69) is 0 Å². The first-order valence-corrected chi connectivity index (χ1v) is 6.49. The molecule has 0 aromatic rings. The van der Waals surface area contributed by atoms with E-state index in [4.69, 9.17) is 4.74 Å². The molecule has 0 unspecified atom stereocenters. The quantitative estimate of drug-likeness (QED) is 0.674. The smallest absolute Gasteiger partial charge is 0.312 e. The average molecular weight is 230 g/mol. The van der Waals surface area contributed by atoms with Crippen molar-refractivity contribution in [3.63, 3.8) is 0 Å². The molecule has 0 N–H and O–H groups in total. The van der Waals surface area contributed by atoms with Gasteiger partial charge < -0.3 is 4.74 Å². The van der Waals surface area contributed by atoms with Crippen LogP contribution in [0, 0.1) is 5.92 Å². The second-order valence-electron chi connectivity index (χ2n) is 4.69. The number of carbonyl (C=O) groups is 1. The second kappa shape index (κ2) is 6.21. The lowest BCUT2D eigenvalue weighted by atomic mass is 9.74. The first-order valence-electron chi connectivity index (χ1n) is 6.49. The summed E-state index contributed by atoms with van der Waals surface area (Å²) in [6.45, 7) is 4.16. The van der Waals surface area contributed by atoms with Crippen LogP contribution in [0.5, 0.6) is 0 Å². The minimum absolute atomic E-state index is 0.333. The maximum atomic E-state index is 14.7. The van der Waals surface area contributed by atoms with Gasteiger partial charge in [0.15, 0.2) is 0 Å². The van der Waals surface area contributed by atoms with Crippen molar-refractivity contribution in [3.05, 3.63) is 0 Å². The van der Waals surface area contributed by atoms with E-state index in [9.17, 15) is 9.18 Å². The van der Waals surface area contributed by atoms with Crippen molar-refractivity contribution >= 4 is 5.97 Å². The molecule has 1 saturated carbocycles. The zero-order valence-electron chi connectivity index (χ0n) is 10.4. The Labute approximate surface area is 97.6 Å². The van der Waals surface area contributed by atoms with Crippen molar-refractivity contribution in [1.82, 2.24) is 0 Å². The Balaban J connectivity index is 2.65. The van der Waals surface area contributed by atoms with Gasteiger partial charge in [-0.1, -0.05) is 32.6 Å². The topological polar surface area (TPSA) is 26.3 Å². The van der Waals surface area contributed by atoms with Crippen LogP contribution in [0.4, 0.5) is 4.39 Å². The minimum Gasteiger partial charge on any atom is -0.466 e. The maximum absolute atomic E-state index is 14.7. The highest BCUT2D eigenvalue weighted by molar-refractivity contribution is 5.74. The van der Waals surface area contributed by atoms with Crippen molar-refractivity contribution < 1.29 is 13.9 Å². The molecule has 94 valence electrons. The molecule has 0 aromatic heterocycles. The molecule has 0 saturated heterocycles. The van der Waals surface area contributed by atoms with Crippen LogP contribution in [0.3, 0.4) is 0 Å². The first-order chi connectivity index (χ1) is 7.64. The highest BCUT2D eigenvalue weighted by Gasteiger charge is 2.45. The molecule has 0 bridgehead atoms. The molecule has 0 spiro atoms. The summed E-state index contributed by atoms with van der Waals surface area (Å²) in [5.74, 6) is -0.853. The molecule has 16 heavy (non-hydrogen) atoms. The summed E-state index contributed by atoms with van der Waals surface area (Å²) in [6, 6.07) is 0. The predicted octanol–water partition coefficient (Wildman–Crippen LogP) is 3.64. The van der Waals surface area contributed by atoms with E-state index in [1.807, 2.05) is 6.92 Å². The van der Waals surface area contributed by atoms with Crippen LogP contribution in [0.15, 0.2) is 0 Å². The summed E-state index contributed by atoms with van der Waals surface area (Å²) in [7, 11) is 0. The Morgan fingerprint density at radius 1 is 1.44 bits per heavy atom. The highest BCUT2D eigenvalue weighted by atomic mass is 19.1. The Kier molecular flexibility index (Phi) is 5.23. The lowest BCUT2D eigenvalue weighted by molar-refractivity contribution is -0.156. The molecule has 1 fully saturated rings. The summed E-state index contributed by atoms with van der Waals surface area (Å²) < 4.78 is 19.7. The Morgan fingerprint density at radius 2 is 2.19 bits per heavy atom. The lowest BCUT2D eigenvalue weighted by Crippen LogP contribution is -2.42. The molecule has 1 aliphatic carbocycles. The molecule has 0 aromatic carbocycles. The standard InChI is InChI=1S/C13H23FO2/c1-3-5-9-13(14)10-7-6-8-11(13)12(15)16-4-2/h11H,3-10H2,1-2H3/t11-,13-/m0/s1. The van der Waals surface area contributed by atoms with E-state index in [0.29, 0.717) is 25.9 Å². The lowest BCUT2D eigenvalue weighted by Gasteiger charge is -2.36. The van der Waals surface area contributed by atoms with Gasteiger partial charge in [-0.2, -0.15) is 0 Å². The first kappa shape index (κ1) is 13.5. The van der Waals surface area contributed by atoms with Crippen molar-refractivity contribution in [1.29, 1.82) is 0 Å². The third-order valence-corrected chi connectivity index (χ3v) is 3.48. The zero-order chi connectivity index (χ0) is 12.0. The number of unbranched alkanes of at least 4 members (excludes halogenated alkanes) is 1.